The zero-order valence-electron chi connectivity index (χ0n) is 10.5. The summed E-state index contributed by atoms with van der Waals surface area (Å²) in [5, 5.41) is 0. The maximum absolute atomic E-state index is 6.01. The average molecular weight is 404 g/mol. The van der Waals surface area contributed by atoms with Crippen molar-refractivity contribution in [3.63, 3.8) is 0 Å². The van der Waals surface area contributed by atoms with Crippen LogP contribution in [0.25, 0.3) is 0 Å². The zero-order valence-corrected chi connectivity index (χ0v) is 14.5. The Labute approximate surface area is 135 Å². The molecule has 2 aromatic carbocycles. The van der Waals surface area contributed by atoms with Crippen LogP contribution in [-0.4, -0.2) is 7.05 Å². The molecule has 0 fully saturated rings. The van der Waals surface area contributed by atoms with Gasteiger partial charge < -0.3 is 4.90 Å². The number of anilines is 1. The van der Waals surface area contributed by atoms with E-state index in [-0.39, 0.29) is 0 Å². The number of hydrogen-bond acceptors (Lipinski definition) is 1. The highest BCUT2D eigenvalue weighted by Crippen LogP contribution is 2.28. The molecule has 0 heterocycles. The summed E-state index contributed by atoms with van der Waals surface area (Å²) in [6.07, 6.45) is 0. The molecule has 100 valence electrons. The Morgan fingerprint density at radius 3 is 2.47 bits per heavy atom. The van der Waals surface area contributed by atoms with Crippen molar-refractivity contribution in [2.24, 2.45) is 0 Å². The van der Waals surface area contributed by atoms with Crippen molar-refractivity contribution < 1.29 is 0 Å². The maximum atomic E-state index is 6.01. The highest BCUT2D eigenvalue weighted by atomic mass is 79.9. The second kappa shape index (κ2) is 6.78. The minimum Gasteiger partial charge on any atom is -0.370 e. The molecule has 0 N–H and O–H groups in total. The van der Waals surface area contributed by atoms with Crippen molar-refractivity contribution >= 4 is 49.1 Å². The first-order valence-corrected chi connectivity index (χ1v) is 8.03. The Morgan fingerprint density at radius 2 is 1.79 bits per heavy atom. The molecule has 0 unspecified atom stereocenters. The van der Waals surface area contributed by atoms with Crippen LogP contribution in [0.1, 0.15) is 11.1 Å². The highest BCUT2D eigenvalue weighted by Gasteiger charge is 2.09. The quantitative estimate of drug-likeness (QED) is 0.602. The van der Waals surface area contributed by atoms with E-state index in [0.717, 1.165) is 26.7 Å². The van der Waals surface area contributed by atoms with Gasteiger partial charge in [0.15, 0.2) is 0 Å². The minimum atomic E-state index is 0.517. The average Bonchev–Trinajstić information content (AvgIpc) is 2.41. The standard InChI is InChI=1S/C15H14Br2ClN/c1-19(10-12-4-2-3-5-14(12)17)15-8-13(16)7-6-11(15)9-18/h2-8H,9-10H2,1H3. The maximum Gasteiger partial charge on any atom is 0.0494 e. The molecular formula is C15H14Br2ClN. The van der Waals surface area contributed by atoms with Crippen LogP contribution in [-0.2, 0) is 12.4 Å². The molecular weight excluding hydrogens is 389 g/mol. The van der Waals surface area contributed by atoms with Crippen LogP contribution >= 0.6 is 43.5 Å². The molecule has 0 aliphatic carbocycles. The largest absolute Gasteiger partial charge is 0.370 e. The first-order valence-electron chi connectivity index (χ1n) is 5.90. The predicted molar refractivity (Wildman–Crippen MR) is 89.9 cm³/mol. The van der Waals surface area contributed by atoms with Gasteiger partial charge in [0.1, 0.15) is 0 Å². The molecule has 0 amide bonds. The lowest BCUT2D eigenvalue weighted by atomic mass is 10.1. The van der Waals surface area contributed by atoms with E-state index in [4.69, 9.17) is 11.6 Å². The highest BCUT2D eigenvalue weighted by molar-refractivity contribution is 9.10. The summed E-state index contributed by atoms with van der Waals surface area (Å²) in [5.74, 6) is 0.517. The van der Waals surface area contributed by atoms with Crippen LogP contribution in [0.3, 0.4) is 0 Å². The lowest BCUT2D eigenvalue weighted by molar-refractivity contribution is 0.911. The van der Waals surface area contributed by atoms with Gasteiger partial charge in [-0.25, -0.2) is 0 Å². The molecule has 0 bridgehead atoms. The van der Waals surface area contributed by atoms with Crippen molar-refractivity contribution in [3.8, 4) is 0 Å². The Bertz CT molecular complexity index is 572. The van der Waals surface area contributed by atoms with Gasteiger partial charge in [0.2, 0.25) is 0 Å². The molecule has 0 atom stereocenters. The Kier molecular flexibility index (Phi) is 5.31. The van der Waals surface area contributed by atoms with Crippen molar-refractivity contribution in [1.29, 1.82) is 0 Å². The monoisotopic (exact) mass is 401 g/mol. The van der Waals surface area contributed by atoms with E-state index in [1.54, 1.807) is 0 Å². The van der Waals surface area contributed by atoms with Gasteiger partial charge in [-0.05, 0) is 29.3 Å². The first kappa shape index (κ1) is 14.9. The molecule has 1 nitrogen and oxygen atoms in total. The number of halogens is 3. The second-order valence-electron chi connectivity index (χ2n) is 4.35. The molecule has 2 aromatic rings. The van der Waals surface area contributed by atoms with Crippen LogP contribution in [0.2, 0.25) is 0 Å². The van der Waals surface area contributed by atoms with E-state index >= 15 is 0 Å². The molecule has 4 heteroatoms. The van der Waals surface area contributed by atoms with E-state index in [0.29, 0.717) is 5.88 Å². The summed E-state index contributed by atoms with van der Waals surface area (Å²) in [6, 6.07) is 14.4. The van der Waals surface area contributed by atoms with E-state index < -0.39 is 0 Å². The van der Waals surface area contributed by atoms with Gasteiger partial charge in [-0.2, -0.15) is 0 Å². The molecule has 0 aliphatic rings. The van der Waals surface area contributed by atoms with Crippen LogP contribution in [0.15, 0.2) is 51.4 Å². The molecule has 0 aliphatic heterocycles. The van der Waals surface area contributed by atoms with Gasteiger partial charge in [-0.3, -0.25) is 0 Å². The fourth-order valence-corrected chi connectivity index (χ4v) is 2.96. The van der Waals surface area contributed by atoms with Crippen molar-refractivity contribution in [1.82, 2.24) is 0 Å². The number of alkyl halides is 1. The van der Waals surface area contributed by atoms with Gasteiger partial charge in [0.25, 0.3) is 0 Å². The third-order valence-electron chi connectivity index (χ3n) is 2.97. The second-order valence-corrected chi connectivity index (χ2v) is 6.39. The molecule has 0 aromatic heterocycles. The molecule has 0 saturated heterocycles. The number of nitrogens with zero attached hydrogens (tertiary/aromatic N) is 1. The molecule has 0 saturated carbocycles. The summed E-state index contributed by atoms with van der Waals surface area (Å²) >= 11 is 13.1. The lowest BCUT2D eigenvalue weighted by Crippen LogP contribution is -2.18. The molecule has 19 heavy (non-hydrogen) atoms. The van der Waals surface area contributed by atoms with Crippen LogP contribution in [0.4, 0.5) is 5.69 Å². The van der Waals surface area contributed by atoms with E-state index in [1.807, 2.05) is 12.1 Å². The van der Waals surface area contributed by atoms with Gasteiger partial charge >= 0.3 is 0 Å². The third kappa shape index (κ3) is 3.74. The van der Waals surface area contributed by atoms with Gasteiger partial charge in [-0.15, -0.1) is 11.6 Å². The first-order chi connectivity index (χ1) is 9.11. The predicted octanol–water partition coefficient (Wildman–Crippen LogP) is 5.59. The summed E-state index contributed by atoms with van der Waals surface area (Å²) in [5.41, 5.74) is 3.55. The summed E-state index contributed by atoms with van der Waals surface area (Å²) in [7, 11) is 2.08. The minimum absolute atomic E-state index is 0.517. The Balaban J connectivity index is 2.27. The summed E-state index contributed by atoms with van der Waals surface area (Å²) in [6.45, 7) is 0.835. The van der Waals surface area contributed by atoms with Crippen molar-refractivity contribution in [3.05, 3.63) is 62.5 Å². The van der Waals surface area contributed by atoms with E-state index in [2.05, 4.69) is 74.1 Å². The summed E-state index contributed by atoms with van der Waals surface area (Å²) < 4.78 is 2.19. The smallest absolute Gasteiger partial charge is 0.0494 e. The Morgan fingerprint density at radius 1 is 1.05 bits per heavy atom. The number of hydrogen-bond donors (Lipinski definition) is 0. The lowest BCUT2D eigenvalue weighted by Gasteiger charge is -2.23. The third-order valence-corrected chi connectivity index (χ3v) is 4.52. The van der Waals surface area contributed by atoms with E-state index in [9.17, 15) is 0 Å². The zero-order chi connectivity index (χ0) is 13.8. The topological polar surface area (TPSA) is 3.24 Å². The fraction of sp³-hybridized carbons (Fsp3) is 0.200. The number of rotatable bonds is 4. The van der Waals surface area contributed by atoms with Gasteiger partial charge in [-0.1, -0.05) is 56.1 Å². The van der Waals surface area contributed by atoms with Crippen LogP contribution in [0.5, 0.6) is 0 Å². The van der Waals surface area contributed by atoms with Gasteiger partial charge in [0.05, 0.1) is 0 Å². The van der Waals surface area contributed by atoms with Crippen LogP contribution in [0, 0.1) is 0 Å². The molecule has 2 rings (SSSR count). The van der Waals surface area contributed by atoms with Gasteiger partial charge in [0, 0.05) is 34.1 Å². The SMILES string of the molecule is CN(Cc1ccccc1Br)c1cc(Br)ccc1CCl. The van der Waals surface area contributed by atoms with E-state index in [1.165, 1.54) is 5.56 Å². The fourth-order valence-electron chi connectivity index (χ4n) is 1.97. The Hall–Kier alpha value is -0.510. The normalized spacial score (nSPS) is 10.5. The van der Waals surface area contributed by atoms with Crippen LogP contribution < -0.4 is 4.90 Å². The summed E-state index contributed by atoms with van der Waals surface area (Å²) in [4.78, 5) is 2.21. The van der Waals surface area contributed by atoms with Crippen molar-refractivity contribution in [2.45, 2.75) is 12.4 Å². The molecule has 0 radical (unpaired) electrons. The molecule has 0 spiro atoms. The van der Waals surface area contributed by atoms with Crippen molar-refractivity contribution in [2.75, 3.05) is 11.9 Å². The number of benzene rings is 2.